The highest BCUT2D eigenvalue weighted by atomic mass is 32.1. The third-order valence-electron chi connectivity index (χ3n) is 2.55. The summed E-state index contributed by atoms with van der Waals surface area (Å²) in [7, 11) is 0. The van der Waals surface area contributed by atoms with Crippen LogP contribution in [0, 0.1) is 12.7 Å². The minimum absolute atomic E-state index is 0.0214. The number of nitrogens with zero attached hydrogens (tertiary/aromatic N) is 1. The molecule has 1 atom stereocenters. The maximum absolute atomic E-state index is 13.2. The van der Waals surface area contributed by atoms with Gasteiger partial charge in [-0.05, 0) is 42.1 Å². The predicted octanol–water partition coefficient (Wildman–Crippen LogP) is 3.29. The fourth-order valence-corrected chi connectivity index (χ4v) is 2.56. The lowest BCUT2D eigenvalue weighted by molar-refractivity contribution is 0.596. The molecule has 2 nitrogen and oxygen atoms in total. The number of pyridine rings is 1. The molecular weight excluding hydrogens is 235 g/mol. The first-order chi connectivity index (χ1) is 8.20. The standard InChI is InChI=1S/C13H15FN2S/c1-3-16-13(11-4-9(2)17-8-11)10-5-12(14)7-15-6-10/h4-8,13,16H,3H2,1-2H3. The molecule has 2 rings (SSSR count). The SMILES string of the molecule is CCNC(c1cncc(F)c1)c1csc(C)c1. The maximum Gasteiger partial charge on any atom is 0.141 e. The van der Waals surface area contributed by atoms with Crippen LogP contribution in [0.4, 0.5) is 4.39 Å². The molecular formula is C13H15FN2S. The summed E-state index contributed by atoms with van der Waals surface area (Å²) in [6.07, 6.45) is 2.94. The van der Waals surface area contributed by atoms with Crippen molar-refractivity contribution in [1.82, 2.24) is 10.3 Å². The summed E-state index contributed by atoms with van der Waals surface area (Å²) < 4.78 is 13.2. The van der Waals surface area contributed by atoms with Crippen molar-refractivity contribution < 1.29 is 4.39 Å². The molecule has 4 heteroatoms. The molecule has 0 saturated carbocycles. The Morgan fingerprint density at radius 3 is 2.76 bits per heavy atom. The lowest BCUT2D eigenvalue weighted by Gasteiger charge is -2.16. The molecule has 0 spiro atoms. The van der Waals surface area contributed by atoms with Gasteiger partial charge in [0.05, 0.1) is 12.2 Å². The number of aromatic nitrogens is 1. The van der Waals surface area contributed by atoms with Gasteiger partial charge in [-0.15, -0.1) is 11.3 Å². The number of aryl methyl sites for hydroxylation is 1. The molecule has 0 bridgehead atoms. The lowest BCUT2D eigenvalue weighted by atomic mass is 10.0. The van der Waals surface area contributed by atoms with Crippen LogP contribution in [0.25, 0.3) is 0 Å². The van der Waals surface area contributed by atoms with Crippen LogP contribution in [0.15, 0.2) is 29.9 Å². The maximum atomic E-state index is 13.2. The van der Waals surface area contributed by atoms with E-state index >= 15 is 0 Å². The summed E-state index contributed by atoms with van der Waals surface area (Å²) in [5.74, 6) is -0.294. The van der Waals surface area contributed by atoms with Crippen molar-refractivity contribution in [2.24, 2.45) is 0 Å². The second kappa shape index (κ2) is 5.38. The van der Waals surface area contributed by atoms with E-state index in [0.717, 1.165) is 12.1 Å². The molecule has 17 heavy (non-hydrogen) atoms. The Kier molecular flexibility index (Phi) is 3.86. The number of halogens is 1. The van der Waals surface area contributed by atoms with Gasteiger partial charge in [-0.2, -0.15) is 0 Å². The molecule has 0 aliphatic rings. The molecule has 0 fully saturated rings. The number of nitrogens with one attached hydrogen (secondary N) is 1. The Hall–Kier alpha value is -1.26. The summed E-state index contributed by atoms with van der Waals surface area (Å²) in [6, 6.07) is 3.68. The second-order valence-corrected chi connectivity index (χ2v) is 5.03. The molecule has 1 N–H and O–H groups in total. The summed E-state index contributed by atoms with van der Waals surface area (Å²) >= 11 is 1.70. The number of hydrogen-bond acceptors (Lipinski definition) is 3. The first-order valence-electron chi connectivity index (χ1n) is 5.59. The van der Waals surface area contributed by atoms with Crippen LogP contribution in [-0.2, 0) is 0 Å². The second-order valence-electron chi connectivity index (χ2n) is 3.92. The average molecular weight is 250 g/mol. The molecule has 0 saturated heterocycles. The zero-order valence-corrected chi connectivity index (χ0v) is 10.7. The zero-order valence-electron chi connectivity index (χ0n) is 9.90. The van der Waals surface area contributed by atoms with E-state index in [9.17, 15) is 4.39 Å². The van der Waals surface area contributed by atoms with E-state index < -0.39 is 0 Å². The summed E-state index contributed by atoms with van der Waals surface area (Å²) in [6.45, 7) is 4.94. The Balaban J connectivity index is 2.35. The Labute approximate surface area is 105 Å². The minimum Gasteiger partial charge on any atom is -0.306 e. The monoisotopic (exact) mass is 250 g/mol. The van der Waals surface area contributed by atoms with Gasteiger partial charge in [-0.1, -0.05) is 6.92 Å². The highest BCUT2D eigenvalue weighted by molar-refractivity contribution is 7.10. The summed E-state index contributed by atoms with van der Waals surface area (Å²) in [5.41, 5.74) is 2.03. The molecule has 0 radical (unpaired) electrons. The van der Waals surface area contributed by atoms with Gasteiger partial charge < -0.3 is 5.32 Å². The minimum atomic E-state index is -0.294. The van der Waals surface area contributed by atoms with Gasteiger partial charge >= 0.3 is 0 Å². The number of hydrogen-bond donors (Lipinski definition) is 1. The van der Waals surface area contributed by atoms with E-state index in [4.69, 9.17) is 0 Å². The quantitative estimate of drug-likeness (QED) is 0.900. The van der Waals surface area contributed by atoms with E-state index in [-0.39, 0.29) is 11.9 Å². The van der Waals surface area contributed by atoms with Gasteiger partial charge in [0.15, 0.2) is 0 Å². The van der Waals surface area contributed by atoms with Crippen LogP contribution in [0.3, 0.4) is 0 Å². The largest absolute Gasteiger partial charge is 0.306 e. The van der Waals surface area contributed by atoms with Crippen molar-refractivity contribution in [2.45, 2.75) is 19.9 Å². The first kappa shape index (κ1) is 12.2. The van der Waals surface area contributed by atoms with Crippen LogP contribution in [0.5, 0.6) is 0 Å². The van der Waals surface area contributed by atoms with Crippen molar-refractivity contribution in [1.29, 1.82) is 0 Å². The average Bonchev–Trinajstić information content (AvgIpc) is 2.72. The van der Waals surface area contributed by atoms with Gasteiger partial charge in [0.1, 0.15) is 5.82 Å². The van der Waals surface area contributed by atoms with Crippen molar-refractivity contribution in [3.63, 3.8) is 0 Å². The zero-order chi connectivity index (χ0) is 12.3. The lowest BCUT2D eigenvalue weighted by Crippen LogP contribution is -2.21. The van der Waals surface area contributed by atoms with E-state index in [2.05, 4.69) is 28.7 Å². The molecule has 2 aromatic rings. The fraction of sp³-hybridized carbons (Fsp3) is 0.308. The molecule has 0 amide bonds. The van der Waals surface area contributed by atoms with Gasteiger partial charge in [0.25, 0.3) is 0 Å². The third kappa shape index (κ3) is 2.90. The molecule has 0 aliphatic heterocycles. The first-order valence-corrected chi connectivity index (χ1v) is 6.47. The van der Waals surface area contributed by atoms with E-state index in [1.165, 1.54) is 22.7 Å². The van der Waals surface area contributed by atoms with Crippen LogP contribution < -0.4 is 5.32 Å². The highest BCUT2D eigenvalue weighted by Gasteiger charge is 2.15. The predicted molar refractivity (Wildman–Crippen MR) is 68.8 cm³/mol. The van der Waals surface area contributed by atoms with Crippen LogP contribution in [-0.4, -0.2) is 11.5 Å². The normalized spacial score (nSPS) is 12.6. The topological polar surface area (TPSA) is 24.9 Å². The van der Waals surface area contributed by atoms with Gasteiger partial charge in [0, 0.05) is 11.1 Å². The third-order valence-corrected chi connectivity index (χ3v) is 3.43. The number of thiophene rings is 1. The molecule has 90 valence electrons. The molecule has 2 aromatic heterocycles. The molecule has 0 aliphatic carbocycles. The Bertz CT molecular complexity index is 496. The van der Waals surface area contributed by atoms with Gasteiger partial charge in [-0.25, -0.2) is 4.39 Å². The summed E-state index contributed by atoms with van der Waals surface area (Å²) in [5, 5.41) is 5.46. The van der Waals surface area contributed by atoms with E-state index in [0.29, 0.717) is 0 Å². The van der Waals surface area contributed by atoms with Crippen molar-refractivity contribution >= 4 is 11.3 Å². The van der Waals surface area contributed by atoms with Gasteiger partial charge in [-0.3, -0.25) is 4.98 Å². The van der Waals surface area contributed by atoms with Crippen molar-refractivity contribution in [2.75, 3.05) is 6.54 Å². The van der Waals surface area contributed by atoms with E-state index in [1.807, 2.05) is 6.92 Å². The van der Waals surface area contributed by atoms with Crippen LogP contribution in [0.1, 0.15) is 29.0 Å². The summed E-state index contributed by atoms with van der Waals surface area (Å²) in [4.78, 5) is 5.16. The Morgan fingerprint density at radius 2 is 2.18 bits per heavy atom. The fourth-order valence-electron chi connectivity index (χ4n) is 1.83. The van der Waals surface area contributed by atoms with E-state index in [1.54, 1.807) is 17.5 Å². The number of rotatable bonds is 4. The van der Waals surface area contributed by atoms with Gasteiger partial charge in [0.2, 0.25) is 0 Å². The van der Waals surface area contributed by atoms with Crippen LogP contribution >= 0.6 is 11.3 Å². The van der Waals surface area contributed by atoms with Crippen molar-refractivity contribution in [3.05, 3.63) is 51.7 Å². The molecule has 1 unspecified atom stereocenters. The highest BCUT2D eigenvalue weighted by Crippen LogP contribution is 2.26. The molecule has 0 aromatic carbocycles. The Morgan fingerprint density at radius 1 is 1.35 bits per heavy atom. The van der Waals surface area contributed by atoms with Crippen LogP contribution in [0.2, 0.25) is 0 Å². The van der Waals surface area contributed by atoms with Crippen molar-refractivity contribution in [3.8, 4) is 0 Å². The smallest absolute Gasteiger partial charge is 0.141 e. The molecule has 2 heterocycles.